The Morgan fingerprint density at radius 3 is 2.25 bits per heavy atom. The van der Waals surface area contributed by atoms with Crippen molar-refractivity contribution in [2.45, 2.75) is 18.2 Å². The molecule has 0 saturated heterocycles. The van der Waals surface area contributed by atoms with Crippen LogP contribution in [0, 0.1) is 0 Å². The number of aryl methyl sites for hydroxylation is 1. The smallest absolute Gasteiger partial charge is 0.175 e. The molecule has 0 spiro atoms. The zero-order valence-corrected chi connectivity index (χ0v) is 12.4. The van der Waals surface area contributed by atoms with Crippen molar-refractivity contribution < 1.29 is 8.42 Å². The van der Waals surface area contributed by atoms with Gasteiger partial charge in [0.1, 0.15) is 0 Å². The molecule has 0 aromatic heterocycles. The zero-order chi connectivity index (χ0) is 14.8. The molecule has 0 atom stereocenters. The Labute approximate surface area is 119 Å². The molecule has 0 radical (unpaired) electrons. The average molecular weight is 290 g/mol. The van der Waals surface area contributed by atoms with Crippen LogP contribution in [0.3, 0.4) is 0 Å². The van der Waals surface area contributed by atoms with Gasteiger partial charge in [-0.1, -0.05) is 19.1 Å². The summed E-state index contributed by atoms with van der Waals surface area (Å²) in [7, 11) is -3.23. The first-order valence-corrected chi connectivity index (χ1v) is 8.25. The second kappa shape index (κ2) is 5.54. The summed E-state index contributed by atoms with van der Waals surface area (Å²) in [6, 6.07) is 12.7. The lowest BCUT2D eigenvalue weighted by molar-refractivity contribution is 0.602. The van der Waals surface area contributed by atoms with Crippen LogP contribution in [0.1, 0.15) is 12.5 Å². The van der Waals surface area contributed by atoms with Crippen molar-refractivity contribution in [3.05, 3.63) is 48.0 Å². The second-order valence-corrected chi connectivity index (χ2v) is 6.71. The summed E-state index contributed by atoms with van der Waals surface area (Å²) in [4.78, 5) is 0.224. The van der Waals surface area contributed by atoms with Gasteiger partial charge in [-0.05, 0) is 42.3 Å². The summed E-state index contributed by atoms with van der Waals surface area (Å²) in [5.74, 6) is 0. The highest BCUT2D eigenvalue weighted by Crippen LogP contribution is 2.26. The van der Waals surface area contributed by atoms with Crippen LogP contribution in [0.15, 0.2) is 47.4 Å². The van der Waals surface area contributed by atoms with E-state index in [-0.39, 0.29) is 4.90 Å². The average Bonchev–Trinajstić information content (AvgIpc) is 2.41. The summed E-state index contributed by atoms with van der Waals surface area (Å²) < 4.78 is 22.9. The topological polar surface area (TPSA) is 72.2 Å². The Bertz CT molecular complexity index is 707. The number of nitrogen functional groups attached to an aromatic ring is 1. The highest BCUT2D eigenvalue weighted by Gasteiger charge is 2.09. The molecule has 0 aliphatic carbocycles. The summed E-state index contributed by atoms with van der Waals surface area (Å²) in [5, 5.41) is 3.18. The maximum Gasteiger partial charge on any atom is 0.175 e. The van der Waals surface area contributed by atoms with Gasteiger partial charge < -0.3 is 11.1 Å². The summed E-state index contributed by atoms with van der Waals surface area (Å²) in [6.45, 7) is 2.10. The third kappa shape index (κ3) is 3.30. The van der Waals surface area contributed by atoms with E-state index in [1.54, 1.807) is 12.1 Å². The predicted octanol–water partition coefficient (Wildman–Crippen LogP) is 2.98. The number of nitrogens with two attached hydrogens (primary N) is 1. The molecule has 4 nitrogen and oxygen atoms in total. The molecule has 20 heavy (non-hydrogen) atoms. The van der Waals surface area contributed by atoms with E-state index < -0.39 is 9.84 Å². The highest BCUT2D eigenvalue weighted by molar-refractivity contribution is 7.90. The number of nitrogens with one attached hydrogen (secondary N) is 1. The fourth-order valence-corrected chi connectivity index (χ4v) is 2.52. The van der Waals surface area contributed by atoms with Crippen molar-refractivity contribution in [1.82, 2.24) is 0 Å². The van der Waals surface area contributed by atoms with Gasteiger partial charge in [-0.2, -0.15) is 0 Å². The maximum absolute atomic E-state index is 11.4. The molecule has 3 N–H and O–H groups in total. The summed E-state index contributed by atoms with van der Waals surface area (Å²) in [5.41, 5.74) is 9.18. The van der Waals surface area contributed by atoms with Crippen LogP contribution in [-0.4, -0.2) is 14.7 Å². The Hall–Kier alpha value is -2.01. The van der Waals surface area contributed by atoms with Crippen molar-refractivity contribution in [1.29, 1.82) is 0 Å². The van der Waals surface area contributed by atoms with Gasteiger partial charge in [-0.25, -0.2) is 8.42 Å². The van der Waals surface area contributed by atoms with Gasteiger partial charge in [-0.3, -0.25) is 0 Å². The fraction of sp³-hybridized carbons (Fsp3) is 0.200. The van der Waals surface area contributed by atoms with Crippen molar-refractivity contribution >= 4 is 26.9 Å². The van der Waals surface area contributed by atoms with Gasteiger partial charge >= 0.3 is 0 Å². The first-order valence-electron chi connectivity index (χ1n) is 6.35. The van der Waals surface area contributed by atoms with Crippen LogP contribution in [-0.2, 0) is 16.3 Å². The predicted molar refractivity (Wildman–Crippen MR) is 83.1 cm³/mol. The van der Waals surface area contributed by atoms with Crippen LogP contribution in [0.2, 0.25) is 0 Å². The molecule has 0 saturated carbocycles. The Kier molecular flexibility index (Phi) is 3.99. The molecule has 0 amide bonds. The van der Waals surface area contributed by atoms with Crippen molar-refractivity contribution in [2.24, 2.45) is 0 Å². The zero-order valence-electron chi connectivity index (χ0n) is 11.6. The molecule has 106 valence electrons. The van der Waals surface area contributed by atoms with Gasteiger partial charge in [0.05, 0.1) is 16.3 Å². The largest absolute Gasteiger partial charge is 0.397 e. The van der Waals surface area contributed by atoms with Crippen LogP contribution in [0.4, 0.5) is 17.1 Å². The normalized spacial score (nSPS) is 11.3. The van der Waals surface area contributed by atoms with Gasteiger partial charge in [0.15, 0.2) is 9.84 Å². The van der Waals surface area contributed by atoms with E-state index in [0.717, 1.165) is 12.1 Å². The fourth-order valence-electron chi connectivity index (χ4n) is 1.86. The molecule has 0 heterocycles. The molecular formula is C15H18N2O2S. The molecule has 0 bridgehead atoms. The molecule has 2 aromatic carbocycles. The van der Waals surface area contributed by atoms with Crippen molar-refractivity contribution in [2.75, 3.05) is 17.3 Å². The highest BCUT2D eigenvalue weighted by atomic mass is 32.2. The number of hydrogen-bond donors (Lipinski definition) is 2. The lowest BCUT2D eigenvalue weighted by Crippen LogP contribution is -2.01. The van der Waals surface area contributed by atoms with Gasteiger partial charge in [0.2, 0.25) is 0 Å². The minimum absolute atomic E-state index is 0.224. The van der Waals surface area contributed by atoms with Crippen LogP contribution >= 0.6 is 0 Å². The van der Waals surface area contributed by atoms with E-state index in [9.17, 15) is 8.42 Å². The molecule has 0 fully saturated rings. The van der Waals surface area contributed by atoms with Crippen LogP contribution in [0.5, 0.6) is 0 Å². The molecule has 0 aliphatic heterocycles. The van der Waals surface area contributed by atoms with E-state index in [4.69, 9.17) is 5.73 Å². The Balaban J connectivity index is 2.25. The quantitative estimate of drug-likeness (QED) is 0.849. The lowest BCUT2D eigenvalue weighted by atomic mass is 10.1. The number of rotatable bonds is 4. The summed E-state index contributed by atoms with van der Waals surface area (Å²) in [6.07, 6.45) is 2.16. The number of benzene rings is 2. The molecule has 2 rings (SSSR count). The number of hydrogen-bond acceptors (Lipinski definition) is 4. The van der Waals surface area contributed by atoms with Crippen LogP contribution < -0.4 is 11.1 Å². The second-order valence-electron chi connectivity index (χ2n) is 4.70. The third-order valence-corrected chi connectivity index (χ3v) is 4.20. The first kappa shape index (κ1) is 14.4. The Morgan fingerprint density at radius 1 is 1.10 bits per heavy atom. The minimum atomic E-state index is -3.23. The van der Waals surface area contributed by atoms with E-state index in [1.807, 2.05) is 24.3 Å². The standard InChI is InChI=1S/C15H18N2O2S/c1-3-11-4-6-12(7-5-11)17-15-9-8-13(10-14(15)16)20(2,18)19/h4-10,17H,3,16H2,1-2H3. The van der Waals surface area contributed by atoms with Crippen LogP contribution in [0.25, 0.3) is 0 Å². The van der Waals surface area contributed by atoms with Crippen molar-refractivity contribution in [3.8, 4) is 0 Å². The lowest BCUT2D eigenvalue weighted by Gasteiger charge is -2.11. The molecule has 2 aromatic rings. The molecule has 5 heteroatoms. The molecule has 0 unspecified atom stereocenters. The van der Waals surface area contributed by atoms with E-state index in [1.165, 1.54) is 17.9 Å². The van der Waals surface area contributed by atoms with E-state index >= 15 is 0 Å². The van der Waals surface area contributed by atoms with Gasteiger partial charge in [0.25, 0.3) is 0 Å². The number of anilines is 3. The maximum atomic E-state index is 11.4. The SMILES string of the molecule is CCc1ccc(Nc2ccc(S(C)(=O)=O)cc2N)cc1. The van der Waals surface area contributed by atoms with E-state index in [0.29, 0.717) is 11.4 Å². The molecule has 0 aliphatic rings. The Morgan fingerprint density at radius 2 is 1.75 bits per heavy atom. The monoisotopic (exact) mass is 290 g/mol. The van der Waals surface area contributed by atoms with Gasteiger partial charge in [0, 0.05) is 11.9 Å². The first-order chi connectivity index (χ1) is 9.40. The number of sulfone groups is 1. The van der Waals surface area contributed by atoms with Gasteiger partial charge in [-0.15, -0.1) is 0 Å². The minimum Gasteiger partial charge on any atom is -0.397 e. The van der Waals surface area contributed by atoms with E-state index in [2.05, 4.69) is 12.2 Å². The summed E-state index contributed by atoms with van der Waals surface area (Å²) >= 11 is 0. The van der Waals surface area contributed by atoms with Crippen molar-refractivity contribution in [3.63, 3.8) is 0 Å². The third-order valence-electron chi connectivity index (χ3n) is 3.09. The molecular weight excluding hydrogens is 272 g/mol.